The van der Waals surface area contributed by atoms with Crippen LogP contribution in [0.3, 0.4) is 0 Å². The Morgan fingerprint density at radius 2 is 0.763 bits per heavy atom. The van der Waals surface area contributed by atoms with E-state index in [0.717, 1.165) is 22.6 Å². The fourth-order valence-electron chi connectivity index (χ4n) is 7.71. The number of fused-ring (bicyclic) bond motifs is 10. The Kier molecular flexibility index (Phi) is 4.93. The number of amides is 4. The van der Waals surface area contributed by atoms with E-state index < -0.39 is 0 Å². The quantitative estimate of drug-likeness (QED) is 0.298. The van der Waals surface area contributed by atoms with Crippen LogP contribution < -0.4 is 9.80 Å². The van der Waals surface area contributed by atoms with Gasteiger partial charge < -0.3 is 0 Å². The smallest absolute Gasteiger partial charge is 0.238 e. The summed E-state index contributed by atoms with van der Waals surface area (Å²) in [6.07, 6.45) is 10.3. The molecule has 4 aliphatic carbocycles. The second-order valence-corrected chi connectivity index (χ2v) is 13.5. The minimum absolute atomic E-state index is 0.0609. The summed E-state index contributed by atoms with van der Waals surface area (Å²) in [7, 11) is 3.16. The average Bonchev–Trinajstić information content (AvgIpc) is 3.77. The zero-order chi connectivity index (χ0) is 25.7. The van der Waals surface area contributed by atoms with Crippen LogP contribution >= 0.6 is 21.6 Å². The van der Waals surface area contributed by atoms with Crippen molar-refractivity contribution in [2.45, 2.75) is 22.6 Å². The van der Waals surface area contributed by atoms with Crippen LogP contribution in [0.15, 0.2) is 82.6 Å². The van der Waals surface area contributed by atoms with Crippen molar-refractivity contribution in [3.8, 4) is 0 Å². The Bertz CT molecular complexity index is 1290. The second-order valence-electron chi connectivity index (χ2n) is 11.2. The number of carbonyl (C=O) groups excluding carboxylic acids is 4. The van der Waals surface area contributed by atoms with Gasteiger partial charge in [-0.15, -0.1) is 0 Å². The topological polar surface area (TPSA) is 74.8 Å². The summed E-state index contributed by atoms with van der Waals surface area (Å²) in [5, 5.41) is 0. The Morgan fingerprint density at radius 3 is 1.05 bits per heavy atom. The monoisotopic (exact) mass is 540 g/mol. The Labute approximate surface area is 227 Å². The SMILES string of the molecule is O=C1[C@@H]2[C@@H](C(=O)N1c1ccc(SSc3ccc(N4C(=O)[C@@H]5[C@H](C4=O)[C@H]4C=C[C@H]5C4)cc3)cc1)[C@H]1C=C[C@H]2C1. The van der Waals surface area contributed by atoms with Crippen molar-refractivity contribution in [1.82, 2.24) is 0 Å². The first kappa shape index (κ1) is 22.8. The lowest BCUT2D eigenvalue weighted by atomic mass is 9.85. The number of carbonyl (C=O) groups is 4. The molecule has 2 aromatic rings. The zero-order valence-electron chi connectivity index (χ0n) is 20.3. The van der Waals surface area contributed by atoms with Crippen LogP contribution in [0.4, 0.5) is 11.4 Å². The van der Waals surface area contributed by atoms with Crippen LogP contribution in [0, 0.1) is 47.3 Å². The van der Waals surface area contributed by atoms with Gasteiger partial charge in [0.1, 0.15) is 0 Å². The van der Waals surface area contributed by atoms with Gasteiger partial charge in [-0.2, -0.15) is 0 Å². The molecule has 190 valence electrons. The molecule has 8 atom stereocenters. The lowest BCUT2D eigenvalue weighted by Crippen LogP contribution is -2.32. The number of hydrogen-bond donors (Lipinski definition) is 0. The summed E-state index contributed by atoms with van der Waals surface area (Å²) < 4.78 is 0. The van der Waals surface area contributed by atoms with Crippen molar-refractivity contribution in [2.24, 2.45) is 47.3 Å². The lowest BCUT2D eigenvalue weighted by molar-refractivity contribution is -0.124. The first-order chi connectivity index (χ1) is 18.5. The highest BCUT2D eigenvalue weighted by molar-refractivity contribution is 8.76. The molecule has 2 saturated carbocycles. The molecule has 8 rings (SSSR count). The molecule has 8 heteroatoms. The predicted molar refractivity (Wildman–Crippen MR) is 145 cm³/mol. The van der Waals surface area contributed by atoms with E-state index in [9.17, 15) is 19.2 Å². The highest BCUT2D eigenvalue weighted by Gasteiger charge is 2.60. The average molecular weight is 541 g/mol. The summed E-state index contributed by atoms with van der Waals surface area (Å²) in [5.41, 5.74) is 1.28. The molecule has 0 aromatic heterocycles. The fraction of sp³-hybridized carbons (Fsp3) is 0.333. The van der Waals surface area contributed by atoms with E-state index in [1.165, 1.54) is 9.80 Å². The van der Waals surface area contributed by atoms with Gasteiger partial charge in [0.2, 0.25) is 23.6 Å². The van der Waals surface area contributed by atoms with Crippen LogP contribution in [-0.2, 0) is 19.2 Å². The first-order valence-electron chi connectivity index (χ1n) is 13.2. The fourth-order valence-corrected chi connectivity index (χ4v) is 9.64. The molecule has 4 amide bonds. The molecule has 4 bridgehead atoms. The number of benzene rings is 2. The molecule has 0 N–H and O–H groups in total. The lowest BCUT2D eigenvalue weighted by Gasteiger charge is -2.18. The number of hydrogen-bond acceptors (Lipinski definition) is 6. The van der Waals surface area contributed by atoms with Crippen LogP contribution in [0.25, 0.3) is 0 Å². The number of anilines is 2. The van der Waals surface area contributed by atoms with Crippen molar-refractivity contribution in [3.63, 3.8) is 0 Å². The molecule has 0 radical (unpaired) electrons. The summed E-state index contributed by atoms with van der Waals surface area (Å²) in [6.45, 7) is 0. The third-order valence-electron chi connectivity index (χ3n) is 9.36. The van der Waals surface area contributed by atoms with E-state index in [2.05, 4.69) is 24.3 Å². The second kappa shape index (κ2) is 8.20. The van der Waals surface area contributed by atoms with Crippen LogP contribution in [0.2, 0.25) is 0 Å². The molecule has 2 aromatic carbocycles. The summed E-state index contributed by atoms with van der Waals surface area (Å²) in [4.78, 5) is 57.0. The van der Waals surface area contributed by atoms with E-state index >= 15 is 0 Å². The maximum absolute atomic E-state index is 13.1. The predicted octanol–water partition coefficient (Wildman–Crippen LogP) is 5.11. The van der Waals surface area contributed by atoms with Crippen molar-refractivity contribution < 1.29 is 19.2 Å². The molecule has 2 heterocycles. The molecular weight excluding hydrogens is 516 g/mol. The highest BCUT2D eigenvalue weighted by atomic mass is 33.1. The number of rotatable bonds is 5. The molecule has 0 spiro atoms. The zero-order valence-corrected chi connectivity index (χ0v) is 21.9. The summed E-state index contributed by atoms with van der Waals surface area (Å²) >= 11 is 0. The molecule has 0 unspecified atom stereocenters. The van der Waals surface area contributed by atoms with Gasteiger partial charge >= 0.3 is 0 Å². The first-order valence-corrected chi connectivity index (χ1v) is 15.3. The minimum atomic E-state index is -0.192. The van der Waals surface area contributed by atoms with E-state index in [1.807, 2.05) is 48.5 Å². The molecule has 6 nitrogen and oxygen atoms in total. The number of allylic oxidation sites excluding steroid dienone is 4. The maximum atomic E-state index is 13.1. The summed E-state index contributed by atoms with van der Waals surface area (Å²) in [6, 6.07) is 15.1. The molecule has 38 heavy (non-hydrogen) atoms. The van der Waals surface area contributed by atoms with Crippen molar-refractivity contribution in [3.05, 3.63) is 72.8 Å². The van der Waals surface area contributed by atoms with Gasteiger partial charge in [0.25, 0.3) is 0 Å². The normalized spacial score (nSPS) is 35.8. The van der Waals surface area contributed by atoms with Gasteiger partial charge in [0.05, 0.1) is 35.0 Å². The van der Waals surface area contributed by atoms with Crippen LogP contribution in [0.5, 0.6) is 0 Å². The van der Waals surface area contributed by atoms with Gasteiger partial charge in [-0.1, -0.05) is 45.9 Å². The largest absolute Gasteiger partial charge is 0.274 e. The van der Waals surface area contributed by atoms with Crippen LogP contribution in [-0.4, -0.2) is 23.6 Å². The van der Waals surface area contributed by atoms with Crippen molar-refractivity contribution >= 4 is 56.6 Å². The van der Waals surface area contributed by atoms with Gasteiger partial charge in [-0.3, -0.25) is 29.0 Å². The number of imide groups is 2. The van der Waals surface area contributed by atoms with Gasteiger partial charge in [-0.25, -0.2) is 0 Å². The minimum Gasteiger partial charge on any atom is -0.274 e. The van der Waals surface area contributed by atoms with E-state index in [0.29, 0.717) is 11.4 Å². The Hall–Kier alpha value is -3.10. The standard InChI is InChI=1S/C30H24N2O4S2/c33-27-23-15-1-2-16(13-15)24(23)28(34)31(27)19-5-9-21(10-6-19)37-38-22-11-7-20(8-12-22)32-29(35)25-17-3-4-18(14-17)26(25)30(32)36/h1-12,15-18,23-26H,13-14H2/t15-,16-,17-,18-,23-,24-,25-,26+/m0/s1. The molecule has 4 fully saturated rings. The Balaban J connectivity index is 0.925. The van der Waals surface area contributed by atoms with Crippen molar-refractivity contribution in [1.29, 1.82) is 0 Å². The number of nitrogens with zero attached hydrogens (tertiary/aromatic N) is 2. The van der Waals surface area contributed by atoms with E-state index in [1.54, 1.807) is 21.6 Å². The van der Waals surface area contributed by atoms with Gasteiger partial charge in [0, 0.05) is 9.79 Å². The van der Waals surface area contributed by atoms with E-state index in [4.69, 9.17) is 0 Å². The summed E-state index contributed by atoms with van der Waals surface area (Å²) in [5.74, 6) is -0.187. The maximum Gasteiger partial charge on any atom is 0.238 e. The van der Waals surface area contributed by atoms with Gasteiger partial charge in [0.15, 0.2) is 0 Å². The molecule has 2 aliphatic heterocycles. The third kappa shape index (κ3) is 3.10. The van der Waals surface area contributed by atoms with E-state index in [-0.39, 0.29) is 71.0 Å². The highest BCUT2D eigenvalue weighted by Crippen LogP contribution is 2.54. The molecular formula is C30H24N2O4S2. The van der Waals surface area contributed by atoms with Gasteiger partial charge in [-0.05, 0) is 85.0 Å². The molecule has 6 aliphatic rings. The Morgan fingerprint density at radius 1 is 0.474 bits per heavy atom. The van der Waals surface area contributed by atoms with Crippen LogP contribution in [0.1, 0.15) is 12.8 Å². The molecule has 2 saturated heterocycles. The van der Waals surface area contributed by atoms with Crippen molar-refractivity contribution in [2.75, 3.05) is 9.80 Å². The third-order valence-corrected chi connectivity index (χ3v) is 11.8.